The van der Waals surface area contributed by atoms with Gasteiger partial charge in [0.15, 0.2) is 0 Å². The van der Waals surface area contributed by atoms with E-state index in [1.807, 2.05) is 41.5 Å². The highest BCUT2D eigenvalue weighted by atomic mass is 16.6. The molecule has 12 bridgehead atoms. The van der Waals surface area contributed by atoms with Gasteiger partial charge in [0.05, 0.1) is 47.7 Å². The summed E-state index contributed by atoms with van der Waals surface area (Å²) in [6, 6.07) is 0. The van der Waals surface area contributed by atoms with Crippen molar-refractivity contribution < 1.29 is 57.2 Å². The van der Waals surface area contributed by atoms with Gasteiger partial charge in [-0.25, -0.2) is 0 Å². The van der Waals surface area contributed by atoms with Crippen LogP contribution in [0.1, 0.15) is 139 Å². The van der Waals surface area contributed by atoms with Crippen molar-refractivity contribution in [2.75, 3.05) is 13.2 Å². The molecular weight excluding hydrogens is 829 g/mol. The lowest BCUT2D eigenvalue weighted by atomic mass is 9.49. The van der Waals surface area contributed by atoms with Crippen molar-refractivity contribution in [2.45, 2.75) is 162 Å². The molecule has 0 radical (unpaired) electrons. The smallest absolute Gasteiger partial charge is 0.311 e. The van der Waals surface area contributed by atoms with E-state index in [1.54, 1.807) is 0 Å². The van der Waals surface area contributed by atoms with Crippen LogP contribution in [0.5, 0.6) is 0 Å². The molecule has 14 rings (SSSR count). The summed E-state index contributed by atoms with van der Waals surface area (Å²) in [5.41, 5.74) is -1.93. The summed E-state index contributed by atoms with van der Waals surface area (Å²) in [5, 5.41) is 0. The predicted octanol–water partition coefficient (Wildman–Crippen LogP) is 7.90. The van der Waals surface area contributed by atoms with Gasteiger partial charge in [-0.2, -0.15) is 0 Å². The van der Waals surface area contributed by atoms with E-state index in [-0.39, 0.29) is 114 Å². The topological polar surface area (TPSA) is 158 Å². The van der Waals surface area contributed by atoms with Crippen LogP contribution >= 0.6 is 0 Å². The number of hydrogen-bond donors (Lipinski definition) is 0. The van der Waals surface area contributed by atoms with E-state index in [0.717, 1.165) is 42.9 Å². The molecule has 2 heterocycles. The molecule has 12 saturated carbocycles. The van der Waals surface area contributed by atoms with E-state index >= 15 is 0 Å². The van der Waals surface area contributed by atoms with E-state index in [2.05, 4.69) is 13.8 Å². The lowest BCUT2D eigenvalue weighted by molar-refractivity contribution is -0.217. The molecule has 12 nitrogen and oxygen atoms in total. The molecule has 65 heavy (non-hydrogen) atoms. The average Bonchev–Trinajstić information content (AvgIpc) is 4.05. The van der Waals surface area contributed by atoms with Crippen LogP contribution in [0.3, 0.4) is 0 Å². The van der Waals surface area contributed by atoms with Gasteiger partial charge in [-0.15, -0.1) is 0 Å². The Morgan fingerprint density at radius 1 is 0.538 bits per heavy atom. The Balaban J connectivity index is 0.000000144. The molecule has 14 aliphatic rings. The molecule has 12 atom stereocenters. The van der Waals surface area contributed by atoms with Gasteiger partial charge in [0.25, 0.3) is 0 Å². The zero-order valence-electron chi connectivity index (χ0n) is 40.1. The Hall–Kier alpha value is -3.18. The zero-order valence-corrected chi connectivity index (χ0v) is 40.1. The van der Waals surface area contributed by atoms with Gasteiger partial charge in [-0.3, -0.25) is 28.8 Å². The highest BCUT2D eigenvalue weighted by Crippen LogP contribution is 2.66. The summed E-state index contributed by atoms with van der Waals surface area (Å²) in [5.74, 6) is 1.79. The maximum atomic E-state index is 13.8. The quantitative estimate of drug-likeness (QED) is 0.163. The molecule has 358 valence electrons. The van der Waals surface area contributed by atoms with Crippen LogP contribution in [0.25, 0.3) is 0 Å². The van der Waals surface area contributed by atoms with E-state index in [4.69, 9.17) is 28.4 Å². The van der Waals surface area contributed by atoms with Gasteiger partial charge < -0.3 is 28.4 Å². The SMILES string of the molecule is CC(C)(C)C(=O)OCC1C2CC3C1OC(=O)C3C2C(=O)OC1(C)C2CC3CC(C2)CC1C3.CCC1(OC(=O)C2C3CC4C(OC(=O)C42)C3COC(=O)C(C)(C)C)C2CC3CC(C2)CC1C3. The number of carbonyl (C=O) groups is 6. The fraction of sp³-hybridized carbons (Fsp3) is 0.887. The van der Waals surface area contributed by atoms with Gasteiger partial charge in [0, 0.05) is 23.7 Å². The van der Waals surface area contributed by atoms with E-state index in [1.165, 1.54) is 64.2 Å². The van der Waals surface area contributed by atoms with Gasteiger partial charge in [0.2, 0.25) is 0 Å². The summed E-state index contributed by atoms with van der Waals surface area (Å²) in [7, 11) is 0. The number of ether oxygens (including phenoxy) is 6. The Bertz CT molecular complexity index is 1950. The summed E-state index contributed by atoms with van der Waals surface area (Å²) in [4.78, 5) is 77.7. The summed E-state index contributed by atoms with van der Waals surface area (Å²) < 4.78 is 35.7. The average molecular weight is 903 g/mol. The number of hydrogen-bond acceptors (Lipinski definition) is 12. The normalized spacial score (nSPS) is 49.4. The minimum atomic E-state index is -0.585. The molecule has 2 aliphatic heterocycles. The third-order valence-electron chi connectivity index (χ3n) is 20.6. The first-order chi connectivity index (χ1) is 30.7. The van der Waals surface area contributed by atoms with Crippen molar-refractivity contribution in [2.24, 2.45) is 117 Å². The molecule has 12 unspecified atom stereocenters. The standard InChI is InChI=1S/C27H38O6.C26H36O6/c1-5-27(15-7-13-6-14(9-15)10-16(27)8-13)33-24(29)20-17-11-18-21(20)23(28)32-22(18)19(17)12-31-25(30)26(2,3)4;1-25(2,3)24(29)30-11-18-16-10-17-20(22(27)31-21(17)18)19(16)23(28)32-26(4)14-6-12-5-13(8-14)9-15(26)7-12/h13-22H,5-12H2,1-4H3;12-21H,5-11H2,1-4H3. The Labute approximate surface area is 384 Å². The van der Waals surface area contributed by atoms with Crippen molar-refractivity contribution in [3.8, 4) is 0 Å². The Morgan fingerprint density at radius 3 is 1.28 bits per heavy atom. The van der Waals surface area contributed by atoms with E-state index < -0.39 is 28.3 Å². The molecule has 0 aromatic heterocycles. The van der Waals surface area contributed by atoms with Crippen molar-refractivity contribution in [1.29, 1.82) is 0 Å². The number of rotatable bonds is 9. The second kappa shape index (κ2) is 15.2. The van der Waals surface area contributed by atoms with Crippen LogP contribution in [-0.2, 0) is 57.2 Å². The maximum Gasteiger partial charge on any atom is 0.311 e. The predicted molar refractivity (Wildman–Crippen MR) is 232 cm³/mol. The van der Waals surface area contributed by atoms with Crippen molar-refractivity contribution in [1.82, 2.24) is 0 Å². The molecule has 12 heteroatoms. The molecule has 0 aromatic carbocycles. The molecule has 12 aliphatic carbocycles. The molecule has 0 aromatic rings. The monoisotopic (exact) mass is 903 g/mol. The molecule has 0 N–H and O–H groups in total. The van der Waals surface area contributed by atoms with Gasteiger partial charge >= 0.3 is 35.8 Å². The van der Waals surface area contributed by atoms with Crippen LogP contribution in [0.15, 0.2) is 0 Å². The second-order valence-electron chi connectivity index (χ2n) is 26.0. The number of esters is 6. The van der Waals surface area contributed by atoms with Gasteiger partial charge in [0.1, 0.15) is 23.4 Å². The Kier molecular flexibility index (Phi) is 10.3. The number of fused-ring (bicyclic) bond motifs is 2. The van der Waals surface area contributed by atoms with Crippen LogP contribution in [0.4, 0.5) is 0 Å². The van der Waals surface area contributed by atoms with E-state index in [0.29, 0.717) is 23.7 Å². The summed E-state index contributed by atoms with van der Waals surface area (Å²) in [6.07, 6.45) is 14.1. The first-order valence-corrected chi connectivity index (χ1v) is 25.9. The third-order valence-corrected chi connectivity index (χ3v) is 20.6. The van der Waals surface area contributed by atoms with Gasteiger partial charge in [-0.1, -0.05) is 6.92 Å². The highest BCUT2D eigenvalue weighted by Gasteiger charge is 2.71. The van der Waals surface area contributed by atoms with Crippen LogP contribution in [0, 0.1) is 117 Å². The first kappa shape index (κ1) is 44.3. The Morgan fingerprint density at radius 2 is 0.908 bits per heavy atom. The molecule has 0 amide bonds. The fourth-order valence-corrected chi connectivity index (χ4v) is 17.9. The third kappa shape index (κ3) is 6.81. The van der Waals surface area contributed by atoms with Crippen molar-refractivity contribution in [3.63, 3.8) is 0 Å². The maximum absolute atomic E-state index is 13.8. The summed E-state index contributed by atoms with van der Waals surface area (Å²) >= 11 is 0. The minimum Gasteiger partial charge on any atom is -0.465 e. The van der Waals surface area contributed by atoms with Gasteiger partial charge in [-0.05, 0) is 191 Å². The van der Waals surface area contributed by atoms with E-state index in [9.17, 15) is 28.8 Å². The lowest BCUT2D eigenvalue weighted by Gasteiger charge is -2.60. The molecular formula is C53H74O12. The van der Waals surface area contributed by atoms with Crippen LogP contribution in [0.2, 0.25) is 0 Å². The van der Waals surface area contributed by atoms with Crippen LogP contribution in [-0.4, -0.2) is 72.4 Å². The summed E-state index contributed by atoms with van der Waals surface area (Å²) in [6.45, 7) is 15.7. The number of carbonyl (C=O) groups excluding carboxylic acids is 6. The highest BCUT2D eigenvalue weighted by molar-refractivity contribution is 5.87. The lowest BCUT2D eigenvalue weighted by Crippen LogP contribution is -2.60. The molecule has 2 saturated heterocycles. The van der Waals surface area contributed by atoms with Crippen molar-refractivity contribution >= 4 is 35.8 Å². The fourth-order valence-electron chi connectivity index (χ4n) is 17.9. The largest absolute Gasteiger partial charge is 0.465 e. The zero-order chi connectivity index (χ0) is 45.9. The van der Waals surface area contributed by atoms with Crippen molar-refractivity contribution in [3.05, 3.63) is 0 Å². The first-order valence-electron chi connectivity index (χ1n) is 25.9. The minimum absolute atomic E-state index is 0.0116. The molecule has 0 spiro atoms. The van der Waals surface area contributed by atoms with Crippen LogP contribution < -0.4 is 0 Å². The molecule has 14 fully saturated rings. The second-order valence-corrected chi connectivity index (χ2v) is 26.0.